The van der Waals surface area contributed by atoms with Gasteiger partial charge in [-0.3, -0.25) is 4.57 Å². The van der Waals surface area contributed by atoms with Crippen LogP contribution in [-0.4, -0.2) is 24.1 Å². The minimum absolute atomic E-state index is 0.541. The predicted octanol–water partition coefficient (Wildman–Crippen LogP) is 16.5. The Morgan fingerprint density at radius 2 is 0.956 bits per heavy atom. The van der Waals surface area contributed by atoms with Gasteiger partial charge in [0.05, 0.1) is 27.8 Å². The van der Waals surface area contributed by atoms with E-state index < -0.39 is 0 Å². The Morgan fingerprint density at radius 3 is 1.76 bits per heavy atom. The number of nitrogens with zero attached hydrogens (tertiary/aromatic N) is 5. The van der Waals surface area contributed by atoms with Crippen LogP contribution in [-0.2, 0) is 0 Å². The SMILES string of the molecule is c1ccc(-c2nc(-c3ccc4c(c3)sc3ccccc34)nc(-n3c4ccccc4c4ccc5c6ccccc6n(-c6cc(-c7ccc8ccccc8c7)cc7c6oc6ccccc67)c5c43)n2)cc1. The predicted molar refractivity (Wildman–Crippen MR) is 282 cm³/mol. The van der Waals surface area contributed by atoms with Crippen molar-refractivity contribution >= 4 is 108 Å². The van der Waals surface area contributed by atoms with Crippen molar-refractivity contribution in [3.63, 3.8) is 0 Å². The third-order valence-corrected chi connectivity index (χ3v) is 14.9. The quantitative estimate of drug-likeness (QED) is 0.173. The summed E-state index contributed by atoms with van der Waals surface area (Å²) in [4.78, 5) is 16.1. The Balaban J connectivity index is 1.07. The van der Waals surface area contributed by atoms with E-state index in [1.54, 1.807) is 11.3 Å². The average Bonchev–Trinajstić information content (AvgIpc) is 4.16. The highest BCUT2D eigenvalue weighted by atomic mass is 32.1. The van der Waals surface area contributed by atoms with Gasteiger partial charge < -0.3 is 8.98 Å². The van der Waals surface area contributed by atoms with E-state index >= 15 is 0 Å². The number of benzene rings is 10. The van der Waals surface area contributed by atoms with Crippen molar-refractivity contribution in [3.05, 3.63) is 212 Å². The molecule has 0 unspecified atom stereocenters. The van der Waals surface area contributed by atoms with Crippen LogP contribution in [0.5, 0.6) is 0 Å². The molecule has 5 heterocycles. The number of rotatable bonds is 5. The fourth-order valence-corrected chi connectivity index (χ4v) is 11.8. The number of para-hydroxylation sites is 3. The number of fused-ring (bicyclic) bond motifs is 14. The molecule has 0 bridgehead atoms. The summed E-state index contributed by atoms with van der Waals surface area (Å²) in [5, 5.41) is 11.5. The van der Waals surface area contributed by atoms with Gasteiger partial charge in [-0.1, -0.05) is 164 Å². The van der Waals surface area contributed by atoms with Crippen LogP contribution in [0.2, 0.25) is 0 Å². The van der Waals surface area contributed by atoms with Gasteiger partial charge in [-0.2, -0.15) is 9.97 Å². The molecular formula is C61H35N5OS. The lowest BCUT2D eigenvalue weighted by Crippen LogP contribution is -2.07. The van der Waals surface area contributed by atoms with Gasteiger partial charge in [0.25, 0.3) is 0 Å². The maximum atomic E-state index is 6.97. The summed E-state index contributed by atoms with van der Waals surface area (Å²) in [5.74, 6) is 1.76. The molecule has 10 aromatic carbocycles. The fraction of sp³-hybridized carbons (Fsp3) is 0. The maximum Gasteiger partial charge on any atom is 0.238 e. The zero-order valence-electron chi connectivity index (χ0n) is 36.3. The summed E-state index contributed by atoms with van der Waals surface area (Å²) in [6.07, 6.45) is 0. The third kappa shape index (κ3) is 5.48. The molecule has 0 atom stereocenters. The van der Waals surface area contributed by atoms with Gasteiger partial charge in [0.1, 0.15) is 5.58 Å². The van der Waals surface area contributed by atoms with Crippen LogP contribution in [0.4, 0.5) is 0 Å². The number of furan rings is 1. The van der Waals surface area contributed by atoms with Crippen LogP contribution < -0.4 is 0 Å². The van der Waals surface area contributed by atoms with Crippen LogP contribution in [0, 0.1) is 0 Å². The monoisotopic (exact) mass is 885 g/mol. The second kappa shape index (κ2) is 14.3. The Bertz CT molecular complexity index is 4580. The van der Waals surface area contributed by atoms with Crippen molar-refractivity contribution in [2.45, 2.75) is 0 Å². The molecule has 15 aromatic rings. The molecule has 0 spiro atoms. The minimum atomic E-state index is 0.541. The first-order chi connectivity index (χ1) is 33.7. The molecule has 15 rings (SSSR count). The average molecular weight is 886 g/mol. The summed E-state index contributed by atoms with van der Waals surface area (Å²) < 4.78 is 14.1. The number of hydrogen-bond donors (Lipinski definition) is 0. The Kier molecular flexibility index (Phi) is 7.85. The van der Waals surface area contributed by atoms with Crippen molar-refractivity contribution in [3.8, 4) is 45.5 Å². The highest BCUT2D eigenvalue weighted by Gasteiger charge is 2.26. The van der Waals surface area contributed by atoms with Gasteiger partial charge in [0.2, 0.25) is 5.95 Å². The smallest absolute Gasteiger partial charge is 0.238 e. The zero-order chi connectivity index (χ0) is 44.5. The minimum Gasteiger partial charge on any atom is -0.454 e. The van der Waals surface area contributed by atoms with Gasteiger partial charge in [-0.15, -0.1) is 11.3 Å². The summed E-state index contributed by atoms with van der Waals surface area (Å²) >= 11 is 1.79. The Morgan fingerprint density at radius 1 is 0.353 bits per heavy atom. The van der Waals surface area contributed by atoms with Crippen LogP contribution in [0.1, 0.15) is 0 Å². The van der Waals surface area contributed by atoms with Crippen molar-refractivity contribution in [2.24, 2.45) is 0 Å². The van der Waals surface area contributed by atoms with Crippen molar-refractivity contribution in [1.29, 1.82) is 0 Å². The molecule has 316 valence electrons. The largest absolute Gasteiger partial charge is 0.454 e. The second-order valence-electron chi connectivity index (χ2n) is 17.6. The highest BCUT2D eigenvalue weighted by molar-refractivity contribution is 7.25. The highest BCUT2D eigenvalue weighted by Crippen LogP contribution is 2.45. The fourth-order valence-electron chi connectivity index (χ4n) is 10.6. The molecular weight excluding hydrogens is 851 g/mol. The normalized spacial score (nSPS) is 12.1. The molecule has 0 amide bonds. The van der Waals surface area contributed by atoms with Gasteiger partial charge >= 0.3 is 0 Å². The summed E-state index contributed by atoms with van der Waals surface area (Å²) in [7, 11) is 0. The van der Waals surface area contributed by atoms with Gasteiger partial charge in [-0.05, 0) is 70.4 Å². The Labute approximate surface area is 392 Å². The van der Waals surface area contributed by atoms with Crippen molar-refractivity contribution < 1.29 is 4.42 Å². The van der Waals surface area contributed by atoms with E-state index in [0.717, 1.165) is 93.5 Å². The van der Waals surface area contributed by atoms with Crippen LogP contribution in [0.25, 0.3) is 142 Å². The lowest BCUT2D eigenvalue weighted by atomic mass is 9.98. The van der Waals surface area contributed by atoms with E-state index in [9.17, 15) is 0 Å². The molecule has 0 saturated heterocycles. The van der Waals surface area contributed by atoms with E-state index in [-0.39, 0.29) is 0 Å². The van der Waals surface area contributed by atoms with Crippen molar-refractivity contribution in [2.75, 3.05) is 0 Å². The van der Waals surface area contributed by atoms with Crippen LogP contribution >= 0.6 is 11.3 Å². The zero-order valence-corrected chi connectivity index (χ0v) is 37.1. The summed E-state index contributed by atoms with van der Waals surface area (Å²) in [5.41, 5.74) is 10.8. The van der Waals surface area contributed by atoms with Crippen LogP contribution in [0.15, 0.2) is 217 Å². The molecule has 0 fully saturated rings. The van der Waals surface area contributed by atoms with E-state index in [4.69, 9.17) is 19.4 Å². The number of hydrogen-bond acceptors (Lipinski definition) is 5. The molecule has 0 aliphatic rings. The molecule has 0 aliphatic heterocycles. The topological polar surface area (TPSA) is 61.7 Å². The third-order valence-electron chi connectivity index (χ3n) is 13.7. The first-order valence-corrected chi connectivity index (χ1v) is 23.7. The van der Waals surface area contributed by atoms with E-state index in [1.807, 2.05) is 24.3 Å². The summed E-state index contributed by atoms with van der Waals surface area (Å²) in [6.45, 7) is 0. The van der Waals surface area contributed by atoms with E-state index in [2.05, 4.69) is 197 Å². The molecule has 0 radical (unpaired) electrons. The van der Waals surface area contributed by atoms with Gasteiger partial charge in [0.15, 0.2) is 17.2 Å². The Hall–Kier alpha value is -8.91. The molecule has 0 N–H and O–H groups in total. The van der Waals surface area contributed by atoms with E-state index in [1.165, 1.54) is 30.9 Å². The number of aromatic nitrogens is 5. The second-order valence-corrected chi connectivity index (χ2v) is 18.6. The molecule has 0 saturated carbocycles. The lowest BCUT2D eigenvalue weighted by molar-refractivity contribution is 0.666. The first-order valence-electron chi connectivity index (χ1n) is 22.8. The molecule has 0 aliphatic carbocycles. The first kappa shape index (κ1) is 37.3. The van der Waals surface area contributed by atoms with Gasteiger partial charge in [-0.25, -0.2) is 4.98 Å². The molecule has 6 nitrogen and oxygen atoms in total. The van der Waals surface area contributed by atoms with E-state index in [0.29, 0.717) is 17.6 Å². The number of thiophene rings is 1. The summed E-state index contributed by atoms with van der Waals surface area (Å²) in [6, 6.07) is 75.6. The van der Waals surface area contributed by atoms with Crippen molar-refractivity contribution in [1.82, 2.24) is 24.1 Å². The molecule has 7 heteroatoms. The van der Waals surface area contributed by atoms with Gasteiger partial charge in [0, 0.05) is 63.6 Å². The maximum absolute atomic E-state index is 6.97. The molecule has 5 aromatic heterocycles. The lowest BCUT2D eigenvalue weighted by Gasteiger charge is -2.15. The van der Waals surface area contributed by atoms with Crippen LogP contribution in [0.3, 0.4) is 0 Å². The standard InChI is InChI=1S/C61H35N5OS/c1-2-15-37(16-3-1)59-62-60(40-28-29-46-45-21-9-13-25-54(45)68-55(46)35-40)64-61(63-59)66-51-23-11-7-19-43(51)48-31-30-47-42-18-6-10-22-50(42)65(56(47)57(48)66)52-34-41(39-27-26-36-14-4-5-17-38(36)32-39)33-49-44-20-8-12-24-53(44)67-58(49)52/h1-35H. The molecule has 68 heavy (non-hydrogen) atoms.